The summed E-state index contributed by atoms with van der Waals surface area (Å²) in [4.78, 5) is 51.7. The molecule has 176 valence electrons. The van der Waals surface area contributed by atoms with E-state index >= 15 is 0 Å². The van der Waals surface area contributed by atoms with Crippen LogP contribution in [0.15, 0.2) is 0 Å². The van der Waals surface area contributed by atoms with Gasteiger partial charge in [-0.15, -0.1) is 0 Å². The van der Waals surface area contributed by atoms with Gasteiger partial charge in [0, 0.05) is 6.54 Å². The first-order chi connectivity index (χ1) is 14.8. The Hall–Kier alpha value is -2.20. The van der Waals surface area contributed by atoms with E-state index in [1.165, 1.54) is 4.90 Å². The smallest absolute Gasteiger partial charge is 0.326 e. The van der Waals surface area contributed by atoms with Gasteiger partial charge in [-0.1, -0.05) is 13.8 Å². The Morgan fingerprint density at radius 3 is 2.42 bits per heavy atom. The highest BCUT2D eigenvalue weighted by molar-refractivity contribution is 5.94. The monoisotopic (exact) mass is 439 g/mol. The Morgan fingerprint density at radius 1 is 1.10 bits per heavy atom. The summed E-state index contributed by atoms with van der Waals surface area (Å²) in [5.74, 6) is -2.34. The number of unbranched alkanes of at least 4 members (excludes halogenated alkanes) is 1. The number of carbonyl (C=O) groups excluding carboxylic acids is 3. The van der Waals surface area contributed by atoms with Crippen molar-refractivity contribution in [2.75, 3.05) is 19.6 Å². The van der Waals surface area contributed by atoms with Crippen LogP contribution in [-0.4, -0.2) is 77.5 Å². The fourth-order valence-corrected chi connectivity index (χ4v) is 4.20. The normalized spacial score (nSPS) is 22.9. The van der Waals surface area contributed by atoms with E-state index in [0.717, 1.165) is 25.8 Å². The fourth-order valence-electron chi connectivity index (χ4n) is 4.20. The molecule has 0 bridgehead atoms. The quantitative estimate of drug-likeness (QED) is 0.274. The van der Waals surface area contributed by atoms with Crippen molar-refractivity contribution < 1.29 is 24.3 Å². The summed E-state index contributed by atoms with van der Waals surface area (Å²) in [6.07, 6.45) is 4.63. The Labute approximate surface area is 183 Å². The third-order valence-corrected chi connectivity index (χ3v) is 6.01. The lowest BCUT2D eigenvalue weighted by atomic mass is 10.0. The van der Waals surface area contributed by atoms with Crippen LogP contribution >= 0.6 is 0 Å². The van der Waals surface area contributed by atoms with Crippen molar-refractivity contribution in [3.63, 3.8) is 0 Å². The molecule has 4 atom stereocenters. The lowest BCUT2D eigenvalue weighted by molar-refractivity contribution is -0.145. The van der Waals surface area contributed by atoms with E-state index in [4.69, 9.17) is 5.73 Å². The zero-order valence-corrected chi connectivity index (χ0v) is 18.6. The van der Waals surface area contributed by atoms with Crippen molar-refractivity contribution in [2.24, 2.45) is 11.7 Å². The summed E-state index contributed by atoms with van der Waals surface area (Å²) in [5.41, 5.74) is 5.58. The van der Waals surface area contributed by atoms with Gasteiger partial charge < -0.3 is 31.7 Å². The minimum atomic E-state index is -1.10. The number of nitrogens with two attached hydrogens (primary N) is 1. The first-order valence-corrected chi connectivity index (χ1v) is 11.3. The molecule has 2 fully saturated rings. The largest absolute Gasteiger partial charge is 0.480 e. The van der Waals surface area contributed by atoms with Crippen LogP contribution in [0.25, 0.3) is 0 Å². The van der Waals surface area contributed by atoms with Gasteiger partial charge in [-0.05, 0) is 64.0 Å². The minimum Gasteiger partial charge on any atom is -0.480 e. The molecule has 3 amide bonds. The van der Waals surface area contributed by atoms with E-state index in [1.807, 2.05) is 0 Å². The molecular formula is C21H37N5O5. The predicted molar refractivity (Wildman–Crippen MR) is 115 cm³/mol. The number of hydrogen-bond acceptors (Lipinski definition) is 6. The van der Waals surface area contributed by atoms with E-state index in [9.17, 15) is 24.3 Å². The van der Waals surface area contributed by atoms with Crippen molar-refractivity contribution in [1.82, 2.24) is 20.9 Å². The maximum atomic E-state index is 13.3. The highest BCUT2D eigenvalue weighted by atomic mass is 16.4. The van der Waals surface area contributed by atoms with E-state index in [2.05, 4.69) is 16.0 Å². The molecule has 0 aliphatic carbocycles. The third kappa shape index (κ3) is 6.90. The van der Waals surface area contributed by atoms with Crippen LogP contribution in [0.4, 0.5) is 0 Å². The molecular weight excluding hydrogens is 402 g/mol. The van der Waals surface area contributed by atoms with Crippen LogP contribution in [-0.2, 0) is 19.2 Å². The average molecular weight is 440 g/mol. The lowest BCUT2D eigenvalue weighted by Gasteiger charge is -2.30. The van der Waals surface area contributed by atoms with E-state index in [1.54, 1.807) is 13.8 Å². The maximum absolute atomic E-state index is 13.3. The van der Waals surface area contributed by atoms with Gasteiger partial charge in [-0.3, -0.25) is 14.4 Å². The summed E-state index contributed by atoms with van der Waals surface area (Å²) in [5, 5.41) is 17.9. The van der Waals surface area contributed by atoms with Gasteiger partial charge in [-0.2, -0.15) is 0 Å². The van der Waals surface area contributed by atoms with E-state index in [0.29, 0.717) is 38.8 Å². The summed E-state index contributed by atoms with van der Waals surface area (Å²) in [6, 6.07) is -2.77. The van der Waals surface area contributed by atoms with Gasteiger partial charge in [0.25, 0.3) is 0 Å². The van der Waals surface area contributed by atoms with Crippen molar-refractivity contribution >= 4 is 23.7 Å². The van der Waals surface area contributed by atoms with Gasteiger partial charge in [0.2, 0.25) is 17.7 Å². The summed E-state index contributed by atoms with van der Waals surface area (Å²) in [7, 11) is 0. The first kappa shape index (κ1) is 25.1. The van der Waals surface area contributed by atoms with Gasteiger partial charge in [0.15, 0.2) is 0 Å². The van der Waals surface area contributed by atoms with Crippen molar-refractivity contribution in [2.45, 2.75) is 83.0 Å². The second kappa shape index (κ2) is 12.0. The number of hydrogen-bond donors (Lipinski definition) is 5. The van der Waals surface area contributed by atoms with Crippen LogP contribution in [0.3, 0.4) is 0 Å². The zero-order chi connectivity index (χ0) is 23.0. The molecule has 10 nitrogen and oxygen atoms in total. The number of aliphatic carboxylic acids is 1. The number of nitrogens with one attached hydrogen (secondary N) is 3. The predicted octanol–water partition coefficient (Wildman–Crippen LogP) is -0.431. The van der Waals surface area contributed by atoms with E-state index in [-0.39, 0.29) is 23.8 Å². The Morgan fingerprint density at radius 2 is 1.84 bits per heavy atom. The molecule has 2 heterocycles. The number of carboxylic acids is 1. The third-order valence-electron chi connectivity index (χ3n) is 6.01. The van der Waals surface area contributed by atoms with E-state index < -0.39 is 30.0 Å². The fraction of sp³-hybridized carbons (Fsp3) is 0.810. The molecule has 2 rings (SSSR count). The van der Waals surface area contributed by atoms with Crippen LogP contribution in [0.1, 0.15) is 58.8 Å². The van der Waals surface area contributed by atoms with Gasteiger partial charge >= 0.3 is 5.97 Å². The molecule has 0 aromatic carbocycles. The molecule has 2 aliphatic heterocycles. The molecule has 6 N–H and O–H groups in total. The summed E-state index contributed by atoms with van der Waals surface area (Å²) in [6.45, 7) is 5.12. The number of amides is 3. The van der Waals surface area contributed by atoms with Crippen molar-refractivity contribution in [3.05, 3.63) is 0 Å². The van der Waals surface area contributed by atoms with Crippen molar-refractivity contribution in [1.29, 1.82) is 0 Å². The second-order valence-corrected chi connectivity index (χ2v) is 8.75. The molecule has 4 unspecified atom stereocenters. The highest BCUT2D eigenvalue weighted by Crippen LogP contribution is 2.21. The number of likely N-dealkylation sites (tertiary alicyclic amines) is 1. The second-order valence-electron chi connectivity index (χ2n) is 8.75. The summed E-state index contributed by atoms with van der Waals surface area (Å²) >= 11 is 0. The zero-order valence-electron chi connectivity index (χ0n) is 18.6. The Kier molecular flexibility index (Phi) is 9.70. The lowest BCUT2D eigenvalue weighted by Crippen LogP contribution is -2.57. The molecule has 0 spiro atoms. The molecule has 2 aliphatic rings. The van der Waals surface area contributed by atoms with Gasteiger partial charge in [-0.25, -0.2) is 4.79 Å². The number of carboxylic acid groups (broad SMARTS) is 1. The Bertz CT molecular complexity index is 650. The van der Waals surface area contributed by atoms with Crippen LogP contribution in [0, 0.1) is 5.92 Å². The minimum absolute atomic E-state index is 0.199. The topological polar surface area (TPSA) is 154 Å². The molecule has 0 saturated carbocycles. The highest BCUT2D eigenvalue weighted by Gasteiger charge is 2.39. The molecule has 10 heteroatoms. The molecule has 31 heavy (non-hydrogen) atoms. The molecule has 2 saturated heterocycles. The first-order valence-electron chi connectivity index (χ1n) is 11.3. The summed E-state index contributed by atoms with van der Waals surface area (Å²) < 4.78 is 0. The average Bonchev–Trinajstić information content (AvgIpc) is 3.42. The standard InChI is InChI=1S/C21H37N5O5/c1-13(2)17(21(30)31)25-19(28)16-9-6-12-26(16)20(29)15(7-3-4-10-22)24-18(27)14-8-5-11-23-14/h13-17,23H,3-12,22H2,1-2H3,(H,24,27)(H,25,28)(H,30,31). The van der Waals surface area contributed by atoms with Crippen LogP contribution < -0.4 is 21.7 Å². The number of rotatable bonds is 11. The van der Waals surface area contributed by atoms with Crippen LogP contribution in [0.5, 0.6) is 0 Å². The number of nitrogens with zero attached hydrogens (tertiary/aromatic N) is 1. The van der Waals surface area contributed by atoms with Crippen molar-refractivity contribution in [3.8, 4) is 0 Å². The number of carbonyl (C=O) groups is 4. The molecule has 0 aromatic rings. The Balaban J connectivity index is 2.08. The maximum Gasteiger partial charge on any atom is 0.326 e. The molecule has 0 radical (unpaired) electrons. The molecule has 0 aromatic heterocycles. The van der Waals surface area contributed by atoms with Crippen LogP contribution in [0.2, 0.25) is 0 Å². The van der Waals surface area contributed by atoms with Gasteiger partial charge in [0.1, 0.15) is 18.1 Å². The SMILES string of the molecule is CC(C)C(NC(=O)C1CCCN1C(=O)C(CCCCN)NC(=O)C1CCCN1)C(=O)O. The van der Waals surface area contributed by atoms with Gasteiger partial charge in [0.05, 0.1) is 6.04 Å².